The summed E-state index contributed by atoms with van der Waals surface area (Å²) in [6.45, 7) is 2.82. The zero-order chi connectivity index (χ0) is 30.1. The Labute approximate surface area is 230 Å². The molecule has 4 rings (SSSR count). The number of likely N-dealkylation sites (tertiary alicyclic amines) is 1. The second-order valence-electron chi connectivity index (χ2n) is 10.2. The van der Waals surface area contributed by atoms with E-state index in [0.29, 0.717) is 17.1 Å². The summed E-state index contributed by atoms with van der Waals surface area (Å²) in [5.41, 5.74) is 0.378. The first-order chi connectivity index (χ1) is 19.3. The van der Waals surface area contributed by atoms with Crippen molar-refractivity contribution in [3.8, 4) is 0 Å². The van der Waals surface area contributed by atoms with Crippen molar-refractivity contribution in [3.05, 3.63) is 71.6 Å². The number of piperidine rings is 1. The molecular weight excluding hydrogens is 556 g/mol. The second kappa shape index (κ2) is 11.8. The quantitative estimate of drug-likeness (QED) is 0.407. The second-order valence-corrected chi connectivity index (χ2v) is 10.2. The molecule has 0 aliphatic carbocycles. The van der Waals surface area contributed by atoms with E-state index in [-0.39, 0.29) is 25.1 Å². The van der Waals surface area contributed by atoms with Crippen LogP contribution in [0.25, 0.3) is 5.52 Å². The molecule has 41 heavy (non-hydrogen) atoms. The summed E-state index contributed by atoms with van der Waals surface area (Å²) < 4.78 is 81.6. The monoisotopic (exact) mass is 583 g/mol. The van der Waals surface area contributed by atoms with E-state index in [1.54, 1.807) is 28.0 Å². The number of benzene rings is 1. The van der Waals surface area contributed by atoms with Gasteiger partial charge in [-0.1, -0.05) is 13.8 Å². The molecule has 2 aromatic heterocycles. The van der Waals surface area contributed by atoms with Crippen LogP contribution in [0.1, 0.15) is 54.1 Å². The largest absolute Gasteiger partial charge is 0.471 e. The first-order valence-electron chi connectivity index (χ1n) is 12.7. The van der Waals surface area contributed by atoms with Crippen LogP contribution in [-0.2, 0) is 9.59 Å². The summed E-state index contributed by atoms with van der Waals surface area (Å²) in [5, 5.41) is 4.29. The lowest BCUT2D eigenvalue weighted by molar-refractivity contribution is -0.175. The Balaban J connectivity index is 1.65. The van der Waals surface area contributed by atoms with Gasteiger partial charge in [0.05, 0.1) is 29.6 Å². The van der Waals surface area contributed by atoms with Gasteiger partial charge in [-0.3, -0.25) is 14.4 Å². The maximum absolute atomic E-state index is 14.3. The fourth-order valence-corrected chi connectivity index (χ4v) is 4.99. The average Bonchev–Trinajstić information content (AvgIpc) is 3.39. The van der Waals surface area contributed by atoms with Crippen LogP contribution < -0.4 is 10.6 Å². The van der Waals surface area contributed by atoms with Crippen molar-refractivity contribution in [2.45, 2.75) is 50.9 Å². The predicted octanol–water partition coefficient (Wildman–Crippen LogP) is 4.23. The minimum Gasteiger partial charge on any atom is -0.349 e. The number of nitrogens with zero attached hydrogens (tertiary/aromatic N) is 3. The Kier molecular flexibility index (Phi) is 8.59. The van der Waals surface area contributed by atoms with Crippen LogP contribution in [0.15, 0.2) is 49.1 Å². The number of imidazole rings is 1. The molecule has 0 radical (unpaired) electrons. The van der Waals surface area contributed by atoms with Gasteiger partial charge in [-0.2, -0.15) is 13.2 Å². The first kappa shape index (κ1) is 29.9. The molecule has 3 aromatic rings. The number of carbonyl (C=O) groups is 3. The van der Waals surface area contributed by atoms with E-state index in [0.717, 1.165) is 12.1 Å². The summed E-state index contributed by atoms with van der Waals surface area (Å²) in [4.78, 5) is 43.8. The molecule has 1 aliphatic heterocycles. The third-order valence-corrected chi connectivity index (χ3v) is 7.03. The number of pyridine rings is 1. The summed E-state index contributed by atoms with van der Waals surface area (Å²) in [5.74, 6) is -6.15. The Morgan fingerprint density at radius 2 is 1.85 bits per heavy atom. The summed E-state index contributed by atoms with van der Waals surface area (Å²) in [6.07, 6.45) is -3.39. The lowest BCUT2D eigenvalue weighted by atomic mass is 9.84. The van der Waals surface area contributed by atoms with E-state index in [4.69, 9.17) is 0 Å². The number of hydrogen-bond acceptors (Lipinski definition) is 4. The lowest BCUT2D eigenvalue weighted by Gasteiger charge is -2.40. The van der Waals surface area contributed by atoms with Crippen molar-refractivity contribution in [2.75, 3.05) is 13.1 Å². The lowest BCUT2D eigenvalue weighted by Crippen LogP contribution is -2.59. The van der Waals surface area contributed by atoms with Crippen molar-refractivity contribution in [1.29, 1.82) is 0 Å². The highest BCUT2D eigenvalue weighted by Crippen LogP contribution is 2.33. The number of hydrogen-bond donors (Lipinski definition) is 2. The maximum Gasteiger partial charge on any atom is 0.471 e. The standard InChI is InChI=1S/C27H27F6N5O3/c1-14(2)22(36-26(41)27(31,32)33)24(39)35-20-12-37(25(40)19-4-3-6-38-13-34-11-21(19)38)7-5-18(20)15-8-16(23(29)30)10-17(28)9-15/h3-4,6,8-11,13-14,18,20,22-23H,5,7,12H2,1-2H3,(H,35,39)(H,36,41)/t18-,20+,22+/m0/s1. The normalized spacial score (nSPS) is 18.5. The van der Waals surface area contributed by atoms with Gasteiger partial charge in [0.1, 0.15) is 11.9 Å². The number of nitrogens with one attached hydrogen (secondary N) is 2. The number of alkyl halides is 5. The van der Waals surface area contributed by atoms with E-state index in [2.05, 4.69) is 10.3 Å². The first-order valence-corrected chi connectivity index (χ1v) is 12.7. The van der Waals surface area contributed by atoms with Crippen molar-refractivity contribution in [2.24, 2.45) is 5.92 Å². The van der Waals surface area contributed by atoms with E-state index >= 15 is 0 Å². The Hall–Kier alpha value is -4.10. The van der Waals surface area contributed by atoms with Crippen LogP contribution in [0.2, 0.25) is 0 Å². The highest BCUT2D eigenvalue weighted by atomic mass is 19.4. The third kappa shape index (κ3) is 6.63. The smallest absolute Gasteiger partial charge is 0.349 e. The molecule has 1 aromatic carbocycles. The van der Waals surface area contributed by atoms with E-state index < -0.39 is 65.6 Å². The van der Waals surface area contributed by atoms with Gasteiger partial charge >= 0.3 is 12.1 Å². The molecule has 3 amide bonds. The van der Waals surface area contributed by atoms with Crippen molar-refractivity contribution >= 4 is 23.2 Å². The minimum atomic E-state index is -5.23. The highest BCUT2D eigenvalue weighted by Gasteiger charge is 2.42. The fourth-order valence-electron chi connectivity index (χ4n) is 4.99. The molecule has 14 heteroatoms. The van der Waals surface area contributed by atoms with Crippen molar-refractivity contribution in [1.82, 2.24) is 24.9 Å². The van der Waals surface area contributed by atoms with Gasteiger partial charge in [0.25, 0.3) is 12.3 Å². The molecule has 1 aliphatic rings. The SMILES string of the molecule is CC(C)[C@@H](NC(=O)C(F)(F)F)C(=O)N[C@@H]1CN(C(=O)c2cccn3cncc23)CC[C@H]1c1cc(F)cc(C(F)F)c1. The molecule has 220 valence electrons. The molecule has 0 spiro atoms. The number of aromatic nitrogens is 2. The van der Waals surface area contributed by atoms with E-state index in [1.807, 2.05) is 0 Å². The maximum atomic E-state index is 14.3. The van der Waals surface area contributed by atoms with Crippen LogP contribution in [0.3, 0.4) is 0 Å². The van der Waals surface area contributed by atoms with Gasteiger partial charge in [0, 0.05) is 30.8 Å². The fraction of sp³-hybridized carbons (Fsp3) is 0.407. The number of rotatable bonds is 7. The van der Waals surface area contributed by atoms with Gasteiger partial charge < -0.3 is 19.9 Å². The Morgan fingerprint density at radius 1 is 1.12 bits per heavy atom. The van der Waals surface area contributed by atoms with Crippen LogP contribution in [0.5, 0.6) is 0 Å². The van der Waals surface area contributed by atoms with Crippen LogP contribution in [0.4, 0.5) is 26.3 Å². The molecule has 1 fully saturated rings. The van der Waals surface area contributed by atoms with Crippen LogP contribution >= 0.6 is 0 Å². The topological polar surface area (TPSA) is 95.8 Å². The average molecular weight is 584 g/mol. The highest BCUT2D eigenvalue weighted by molar-refractivity contribution is 6.00. The summed E-state index contributed by atoms with van der Waals surface area (Å²) in [6, 6.07) is 3.46. The number of fused-ring (bicyclic) bond motifs is 1. The van der Waals surface area contributed by atoms with Gasteiger partial charge in [0.2, 0.25) is 5.91 Å². The van der Waals surface area contributed by atoms with E-state index in [1.165, 1.54) is 31.3 Å². The predicted molar refractivity (Wildman–Crippen MR) is 135 cm³/mol. The number of halogens is 6. The number of carbonyl (C=O) groups excluding carboxylic acids is 3. The molecule has 0 saturated carbocycles. The van der Waals surface area contributed by atoms with Gasteiger partial charge in [-0.25, -0.2) is 18.2 Å². The van der Waals surface area contributed by atoms with Gasteiger partial charge in [0.15, 0.2) is 0 Å². The third-order valence-electron chi connectivity index (χ3n) is 7.03. The van der Waals surface area contributed by atoms with Crippen LogP contribution in [0, 0.1) is 11.7 Å². The molecular formula is C27H27F6N5O3. The zero-order valence-corrected chi connectivity index (χ0v) is 22.0. The number of amides is 3. The summed E-state index contributed by atoms with van der Waals surface area (Å²) >= 11 is 0. The molecule has 2 N–H and O–H groups in total. The minimum absolute atomic E-state index is 0.115. The van der Waals surface area contributed by atoms with Crippen molar-refractivity contribution < 1.29 is 40.7 Å². The van der Waals surface area contributed by atoms with E-state index in [9.17, 15) is 40.7 Å². The Bertz CT molecular complexity index is 1440. The molecule has 3 heterocycles. The van der Waals surface area contributed by atoms with Crippen LogP contribution in [-0.4, -0.2) is 63.4 Å². The molecule has 3 atom stereocenters. The summed E-state index contributed by atoms with van der Waals surface area (Å²) in [7, 11) is 0. The van der Waals surface area contributed by atoms with Gasteiger partial charge in [-0.15, -0.1) is 0 Å². The Morgan fingerprint density at radius 3 is 2.51 bits per heavy atom. The molecule has 1 saturated heterocycles. The molecule has 0 bridgehead atoms. The van der Waals surface area contributed by atoms with Gasteiger partial charge in [-0.05, 0) is 48.2 Å². The molecule has 8 nitrogen and oxygen atoms in total. The zero-order valence-electron chi connectivity index (χ0n) is 22.0. The van der Waals surface area contributed by atoms with Crippen molar-refractivity contribution in [3.63, 3.8) is 0 Å². The molecule has 0 unspecified atom stereocenters.